The quantitative estimate of drug-likeness (QED) is 0.498. The van der Waals surface area contributed by atoms with Gasteiger partial charge in [-0.1, -0.05) is 47.6 Å². The Morgan fingerprint density at radius 2 is 1.93 bits per heavy atom. The van der Waals surface area contributed by atoms with Gasteiger partial charge >= 0.3 is 6.61 Å². The number of ether oxygens (including phenoxy) is 1. The van der Waals surface area contributed by atoms with Gasteiger partial charge in [-0.05, 0) is 30.7 Å². The number of nitrogens with one attached hydrogen (secondary N) is 1. The SMILES string of the molecule is Cc1noc2nc(-c3ccccc3)cc(C(=O)NCc3cccc(OC(F)F)c3)c12. The van der Waals surface area contributed by atoms with Gasteiger partial charge < -0.3 is 14.6 Å². The van der Waals surface area contributed by atoms with E-state index in [1.807, 2.05) is 30.3 Å². The van der Waals surface area contributed by atoms with Crippen LogP contribution in [-0.2, 0) is 6.54 Å². The lowest BCUT2D eigenvalue weighted by molar-refractivity contribution is -0.0498. The molecule has 1 N–H and O–H groups in total. The van der Waals surface area contributed by atoms with Crippen LogP contribution in [0.15, 0.2) is 65.2 Å². The van der Waals surface area contributed by atoms with Crippen LogP contribution >= 0.6 is 0 Å². The Balaban J connectivity index is 1.62. The summed E-state index contributed by atoms with van der Waals surface area (Å²) in [6, 6.07) is 17.3. The van der Waals surface area contributed by atoms with E-state index in [4.69, 9.17) is 4.52 Å². The smallest absolute Gasteiger partial charge is 0.387 e. The molecule has 0 aliphatic heterocycles. The van der Waals surface area contributed by atoms with Crippen molar-refractivity contribution in [2.75, 3.05) is 0 Å². The fourth-order valence-corrected chi connectivity index (χ4v) is 3.14. The number of amides is 1. The Morgan fingerprint density at radius 1 is 1.13 bits per heavy atom. The molecule has 0 aliphatic carbocycles. The summed E-state index contributed by atoms with van der Waals surface area (Å²) < 4.78 is 34.5. The lowest BCUT2D eigenvalue weighted by Crippen LogP contribution is -2.23. The standard InChI is InChI=1S/C22H17F2N3O3/c1-13-19-17(11-18(26-21(19)30-27-13)15-7-3-2-4-8-15)20(28)25-12-14-6-5-9-16(10-14)29-22(23)24/h2-11,22H,12H2,1H3,(H,25,28). The maximum absolute atomic E-state index is 13.0. The van der Waals surface area contributed by atoms with E-state index in [0.717, 1.165) is 5.56 Å². The van der Waals surface area contributed by atoms with Gasteiger partial charge in [-0.15, -0.1) is 0 Å². The number of carbonyl (C=O) groups is 1. The van der Waals surface area contributed by atoms with E-state index in [9.17, 15) is 13.6 Å². The highest BCUT2D eigenvalue weighted by atomic mass is 19.3. The Hall–Kier alpha value is -3.81. The van der Waals surface area contributed by atoms with Crippen LogP contribution in [0.3, 0.4) is 0 Å². The van der Waals surface area contributed by atoms with Crippen LogP contribution in [0.25, 0.3) is 22.4 Å². The molecule has 2 aromatic heterocycles. The van der Waals surface area contributed by atoms with Crippen molar-refractivity contribution in [3.05, 3.63) is 77.5 Å². The number of alkyl halides is 2. The Bertz CT molecular complexity index is 1190. The third-order valence-electron chi connectivity index (χ3n) is 4.51. The van der Waals surface area contributed by atoms with E-state index in [1.165, 1.54) is 12.1 Å². The molecule has 0 unspecified atom stereocenters. The topological polar surface area (TPSA) is 77.2 Å². The summed E-state index contributed by atoms with van der Waals surface area (Å²) in [6.45, 7) is -1.04. The first-order valence-corrected chi connectivity index (χ1v) is 9.15. The first-order valence-electron chi connectivity index (χ1n) is 9.15. The molecule has 0 saturated heterocycles. The summed E-state index contributed by atoms with van der Waals surface area (Å²) in [5, 5.41) is 7.26. The van der Waals surface area contributed by atoms with Crippen LogP contribution in [0, 0.1) is 6.92 Å². The molecule has 8 heteroatoms. The highest BCUT2D eigenvalue weighted by molar-refractivity contribution is 6.06. The van der Waals surface area contributed by atoms with Crippen molar-refractivity contribution in [2.45, 2.75) is 20.1 Å². The maximum Gasteiger partial charge on any atom is 0.387 e. The van der Waals surface area contributed by atoms with Crippen LogP contribution in [0.2, 0.25) is 0 Å². The summed E-state index contributed by atoms with van der Waals surface area (Å²) in [5.41, 5.74) is 3.23. The van der Waals surface area contributed by atoms with E-state index < -0.39 is 6.61 Å². The lowest BCUT2D eigenvalue weighted by atomic mass is 10.0. The largest absolute Gasteiger partial charge is 0.435 e. The highest BCUT2D eigenvalue weighted by Gasteiger charge is 2.19. The number of hydrogen-bond acceptors (Lipinski definition) is 5. The minimum atomic E-state index is -2.91. The van der Waals surface area contributed by atoms with Crippen LogP contribution < -0.4 is 10.1 Å². The fraction of sp³-hybridized carbons (Fsp3) is 0.136. The molecule has 0 fully saturated rings. The maximum atomic E-state index is 13.0. The van der Waals surface area contributed by atoms with Gasteiger partial charge in [0.2, 0.25) is 0 Å². The van der Waals surface area contributed by atoms with Crippen molar-refractivity contribution in [3.8, 4) is 17.0 Å². The zero-order valence-corrected chi connectivity index (χ0v) is 15.9. The monoisotopic (exact) mass is 409 g/mol. The molecule has 0 bridgehead atoms. The molecule has 1 amide bonds. The molecule has 0 radical (unpaired) electrons. The third-order valence-corrected chi connectivity index (χ3v) is 4.51. The van der Waals surface area contributed by atoms with E-state index in [-0.39, 0.29) is 23.9 Å². The molecule has 0 atom stereocenters. The number of nitrogens with zero attached hydrogens (tertiary/aromatic N) is 2. The van der Waals surface area contributed by atoms with Crippen molar-refractivity contribution >= 4 is 17.0 Å². The average molecular weight is 409 g/mol. The molecular formula is C22H17F2N3O3. The number of carbonyl (C=O) groups excluding carboxylic acids is 1. The minimum Gasteiger partial charge on any atom is -0.435 e. The lowest BCUT2D eigenvalue weighted by Gasteiger charge is -2.10. The van der Waals surface area contributed by atoms with Crippen molar-refractivity contribution in [3.63, 3.8) is 0 Å². The number of aromatic nitrogens is 2. The molecule has 152 valence electrons. The summed E-state index contributed by atoms with van der Waals surface area (Å²) >= 11 is 0. The number of fused-ring (bicyclic) bond motifs is 1. The molecular weight excluding hydrogens is 392 g/mol. The number of rotatable bonds is 6. The summed E-state index contributed by atoms with van der Waals surface area (Å²) in [6.07, 6.45) is 0. The molecule has 0 saturated carbocycles. The number of benzene rings is 2. The van der Waals surface area contributed by atoms with Gasteiger partial charge in [-0.2, -0.15) is 8.78 Å². The van der Waals surface area contributed by atoms with Gasteiger partial charge in [0.1, 0.15) is 5.75 Å². The second-order valence-electron chi connectivity index (χ2n) is 6.58. The summed E-state index contributed by atoms with van der Waals surface area (Å²) in [5.74, 6) is -0.324. The van der Waals surface area contributed by atoms with E-state index in [2.05, 4.69) is 20.2 Å². The first-order chi connectivity index (χ1) is 14.5. The zero-order valence-electron chi connectivity index (χ0n) is 15.9. The molecule has 0 aliphatic rings. The predicted octanol–water partition coefficient (Wildman–Crippen LogP) is 4.73. The summed E-state index contributed by atoms with van der Waals surface area (Å²) in [7, 11) is 0. The second kappa shape index (κ2) is 8.28. The van der Waals surface area contributed by atoms with Crippen LogP contribution in [0.5, 0.6) is 5.75 Å². The number of aryl methyl sites for hydroxylation is 1. The summed E-state index contributed by atoms with van der Waals surface area (Å²) in [4.78, 5) is 17.4. The number of pyridine rings is 1. The molecule has 4 aromatic rings. The van der Waals surface area contributed by atoms with Gasteiger partial charge in [0.25, 0.3) is 11.6 Å². The minimum absolute atomic E-state index is 0.0318. The zero-order chi connectivity index (χ0) is 21.1. The number of halogens is 2. The molecule has 30 heavy (non-hydrogen) atoms. The Morgan fingerprint density at radius 3 is 2.70 bits per heavy atom. The van der Waals surface area contributed by atoms with Crippen LogP contribution in [0.1, 0.15) is 21.6 Å². The average Bonchev–Trinajstić information content (AvgIpc) is 3.12. The molecule has 4 rings (SSSR count). The fourth-order valence-electron chi connectivity index (χ4n) is 3.14. The molecule has 2 aromatic carbocycles. The molecule has 2 heterocycles. The molecule has 0 spiro atoms. The second-order valence-corrected chi connectivity index (χ2v) is 6.58. The van der Waals surface area contributed by atoms with Gasteiger partial charge in [0.15, 0.2) is 0 Å². The van der Waals surface area contributed by atoms with Crippen LogP contribution in [-0.4, -0.2) is 22.7 Å². The van der Waals surface area contributed by atoms with E-state index >= 15 is 0 Å². The number of hydrogen-bond donors (Lipinski definition) is 1. The van der Waals surface area contributed by atoms with Crippen LogP contribution in [0.4, 0.5) is 8.78 Å². The van der Waals surface area contributed by atoms with Crippen molar-refractivity contribution in [2.24, 2.45) is 0 Å². The Kier molecular flexibility index (Phi) is 5.38. The normalized spacial score (nSPS) is 11.1. The van der Waals surface area contributed by atoms with Crippen molar-refractivity contribution in [1.82, 2.24) is 15.5 Å². The van der Waals surface area contributed by atoms with E-state index in [1.54, 1.807) is 25.1 Å². The van der Waals surface area contributed by atoms with Gasteiger partial charge in [0, 0.05) is 12.1 Å². The van der Waals surface area contributed by atoms with Gasteiger partial charge in [-0.25, -0.2) is 4.98 Å². The van der Waals surface area contributed by atoms with Gasteiger partial charge in [-0.3, -0.25) is 4.79 Å². The highest BCUT2D eigenvalue weighted by Crippen LogP contribution is 2.27. The first kappa shape index (κ1) is 19.5. The predicted molar refractivity (Wildman–Crippen MR) is 106 cm³/mol. The van der Waals surface area contributed by atoms with E-state index in [0.29, 0.717) is 27.9 Å². The third kappa shape index (κ3) is 4.12. The van der Waals surface area contributed by atoms with Crippen molar-refractivity contribution in [1.29, 1.82) is 0 Å². The molecule has 6 nitrogen and oxygen atoms in total. The van der Waals surface area contributed by atoms with Gasteiger partial charge in [0.05, 0.1) is 22.3 Å². The van der Waals surface area contributed by atoms with Crippen molar-refractivity contribution < 1.29 is 22.8 Å². The Labute approximate surface area is 170 Å².